The van der Waals surface area contributed by atoms with E-state index in [-0.39, 0.29) is 25.0 Å². The molecule has 1 atom stereocenters. The molecule has 0 aromatic heterocycles. The molecule has 0 aliphatic carbocycles. The molecule has 4 nitrogen and oxygen atoms in total. The van der Waals surface area contributed by atoms with Gasteiger partial charge in [-0.25, -0.2) is 0 Å². The van der Waals surface area contributed by atoms with Crippen molar-refractivity contribution in [1.82, 2.24) is 5.32 Å². The van der Waals surface area contributed by atoms with Gasteiger partial charge in [0, 0.05) is 12.5 Å². The summed E-state index contributed by atoms with van der Waals surface area (Å²) in [6.45, 7) is 3.86. The van der Waals surface area contributed by atoms with Crippen LogP contribution in [0.15, 0.2) is 30.3 Å². The maximum atomic E-state index is 12.0. The van der Waals surface area contributed by atoms with Crippen LogP contribution in [-0.4, -0.2) is 23.2 Å². The van der Waals surface area contributed by atoms with Crippen LogP contribution in [0.3, 0.4) is 0 Å². The summed E-state index contributed by atoms with van der Waals surface area (Å²) in [6, 6.07) is 9.24. The molecule has 1 unspecified atom stereocenters. The minimum atomic E-state index is -0.520. The Morgan fingerprint density at radius 2 is 1.89 bits per heavy atom. The summed E-state index contributed by atoms with van der Waals surface area (Å²) in [7, 11) is 0. The maximum absolute atomic E-state index is 12.0. The lowest BCUT2D eigenvalue weighted by Crippen LogP contribution is -2.51. The highest BCUT2D eigenvalue weighted by Gasteiger charge is 2.27. The molecule has 0 saturated heterocycles. The van der Waals surface area contributed by atoms with Crippen molar-refractivity contribution in [3.63, 3.8) is 0 Å². The Morgan fingerprint density at radius 3 is 2.37 bits per heavy atom. The molecule has 1 rings (SSSR count). The molecule has 106 valence electrons. The second-order valence-electron chi connectivity index (χ2n) is 4.92. The molecule has 4 heteroatoms. The number of aliphatic hydroxyl groups excluding tert-OH is 1. The van der Waals surface area contributed by atoms with Gasteiger partial charge in [-0.05, 0) is 18.4 Å². The minimum Gasteiger partial charge on any atom is -0.394 e. The topological polar surface area (TPSA) is 75.3 Å². The van der Waals surface area contributed by atoms with Gasteiger partial charge < -0.3 is 16.2 Å². The van der Waals surface area contributed by atoms with Gasteiger partial charge in [0.1, 0.15) is 0 Å². The summed E-state index contributed by atoms with van der Waals surface area (Å²) in [4.78, 5) is 12.0. The molecule has 0 spiro atoms. The third-order valence-electron chi connectivity index (χ3n) is 3.69. The maximum Gasteiger partial charge on any atom is 0.222 e. The van der Waals surface area contributed by atoms with Gasteiger partial charge in [-0.15, -0.1) is 0 Å². The Bertz CT molecular complexity index is 380. The minimum absolute atomic E-state index is 0.0493. The molecule has 0 heterocycles. The van der Waals surface area contributed by atoms with Gasteiger partial charge in [-0.2, -0.15) is 0 Å². The molecular formula is C15H24N2O2. The Hall–Kier alpha value is -1.39. The number of hydrogen-bond donors (Lipinski definition) is 3. The molecular weight excluding hydrogens is 240 g/mol. The average molecular weight is 264 g/mol. The largest absolute Gasteiger partial charge is 0.394 e. The van der Waals surface area contributed by atoms with Crippen molar-refractivity contribution < 1.29 is 9.90 Å². The fraction of sp³-hybridized carbons (Fsp3) is 0.533. The second kappa shape index (κ2) is 7.26. The molecule has 0 bridgehead atoms. The molecule has 0 fully saturated rings. The van der Waals surface area contributed by atoms with Gasteiger partial charge in [0.25, 0.3) is 0 Å². The van der Waals surface area contributed by atoms with Gasteiger partial charge in [0.15, 0.2) is 0 Å². The zero-order valence-electron chi connectivity index (χ0n) is 11.7. The standard InChI is InChI=1S/C15H24N2O2/c1-3-15(4-2,11-18)17-14(19)10-13(16)12-8-6-5-7-9-12/h5-9,13,18H,3-4,10-11,16H2,1-2H3,(H,17,19). The van der Waals surface area contributed by atoms with Crippen LogP contribution in [0.5, 0.6) is 0 Å². The van der Waals surface area contributed by atoms with E-state index in [4.69, 9.17) is 5.73 Å². The van der Waals surface area contributed by atoms with E-state index in [1.54, 1.807) is 0 Å². The number of aliphatic hydroxyl groups is 1. The highest BCUT2D eigenvalue weighted by Crippen LogP contribution is 2.17. The van der Waals surface area contributed by atoms with Crippen molar-refractivity contribution in [3.8, 4) is 0 Å². The number of hydrogen-bond acceptors (Lipinski definition) is 3. The van der Waals surface area contributed by atoms with E-state index in [9.17, 15) is 9.90 Å². The molecule has 0 radical (unpaired) electrons. The van der Waals surface area contributed by atoms with Gasteiger partial charge in [0.05, 0.1) is 12.1 Å². The molecule has 1 aromatic rings. The van der Waals surface area contributed by atoms with Crippen molar-refractivity contribution in [1.29, 1.82) is 0 Å². The van der Waals surface area contributed by atoms with Crippen LogP contribution in [0.25, 0.3) is 0 Å². The predicted octanol–water partition coefficient (Wildman–Crippen LogP) is 1.74. The van der Waals surface area contributed by atoms with Crippen LogP contribution in [-0.2, 0) is 4.79 Å². The van der Waals surface area contributed by atoms with Crippen LogP contribution >= 0.6 is 0 Å². The van der Waals surface area contributed by atoms with E-state index < -0.39 is 5.54 Å². The zero-order chi connectivity index (χ0) is 14.3. The van der Waals surface area contributed by atoms with Crippen LogP contribution in [0.1, 0.15) is 44.7 Å². The fourth-order valence-corrected chi connectivity index (χ4v) is 2.05. The van der Waals surface area contributed by atoms with Gasteiger partial charge in [-0.3, -0.25) is 4.79 Å². The van der Waals surface area contributed by atoms with Crippen molar-refractivity contribution in [2.45, 2.75) is 44.7 Å². The van der Waals surface area contributed by atoms with E-state index in [1.807, 2.05) is 44.2 Å². The quantitative estimate of drug-likeness (QED) is 0.702. The number of carbonyl (C=O) groups excluding carboxylic acids is 1. The molecule has 0 aliphatic rings. The van der Waals surface area contributed by atoms with Gasteiger partial charge >= 0.3 is 0 Å². The third kappa shape index (κ3) is 4.33. The van der Waals surface area contributed by atoms with Crippen LogP contribution in [0, 0.1) is 0 Å². The number of nitrogens with two attached hydrogens (primary N) is 1. The molecule has 1 amide bonds. The molecule has 0 aliphatic heterocycles. The summed E-state index contributed by atoms with van der Waals surface area (Å²) in [6.07, 6.45) is 1.63. The van der Waals surface area contributed by atoms with Crippen molar-refractivity contribution >= 4 is 5.91 Å². The second-order valence-corrected chi connectivity index (χ2v) is 4.92. The van der Waals surface area contributed by atoms with Crippen LogP contribution in [0.2, 0.25) is 0 Å². The Morgan fingerprint density at radius 1 is 1.32 bits per heavy atom. The Labute approximate surface area is 115 Å². The summed E-state index contributed by atoms with van der Waals surface area (Å²) in [5.74, 6) is -0.117. The number of rotatable bonds is 7. The molecule has 1 aromatic carbocycles. The number of carbonyl (C=O) groups is 1. The van der Waals surface area contributed by atoms with Crippen molar-refractivity contribution in [3.05, 3.63) is 35.9 Å². The summed E-state index contributed by atoms with van der Waals surface area (Å²) < 4.78 is 0. The third-order valence-corrected chi connectivity index (χ3v) is 3.69. The first-order valence-electron chi connectivity index (χ1n) is 6.79. The normalized spacial score (nSPS) is 13.1. The fourth-order valence-electron chi connectivity index (χ4n) is 2.05. The average Bonchev–Trinajstić information content (AvgIpc) is 2.46. The smallest absolute Gasteiger partial charge is 0.222 e. The SMILES string of the molecule is CCC(CC)(CO)NC(=O)CC(N)c1ccccc1. The lowest BCUT2D eigenvalue weighted by atomic mass is 9.93. The Balaban J connectivity index is 2.60. The molecule has 19 heavy (non-hydrogen) atoms. The zero-order valence-corrected chi connectivity index (χ0v) is 11.7. The monoisotopic (exact) mass is 264 g/mol. The lowest BCUT2D eigenvalue weighted by molar-refractivity contribution is -0.124. The van der Waals surface area contributed by atoms with Crippen molar-refractivity contribution in [2.75, 3.05) is 6.61 Å². The van der Waals surface area contributed by atoms with E-state index in [0.717, 1.165) is 5.56 Å². The predicted molar refractivity (Wildman–Crippen MR) is 76.5 cm³/mol. The lowest BCUT2D eigenvalue weighted by Gasteiger charge is -2.31. The number of nitrogens with one attached hydrogen (secondary N) is 1. The summed E-state index contributed by atoms with van der Waals surface area (Å²) >= 11 is 0. The van der Waals surface area contributed by atoms with E-state index in [0.29, 0.717) is 12.8 Å². The van der Waals surface area contributed by atoms with E-state index >= 15 is 0 Å². The highest BCUT2D eigenvalue weighted by atomic mass is 16.3. The van der Waals surface area contributed by atoms with E-state index in [1.165, 1.54) is 0 Å². The first-order valence-corrected chi connectivity index (χ1v) is 6.79. The van der Waals surface area contributed by atoms with Gasteiger partial charge in [-0.1, -0.05) is 44.2 Å². The van der Waals surface area contributed by atoms with Crippen LogP contribution < -0.4 is 11.1 Å². The van der Waals surface area contributed by atoms with Gasteiger partial charge in [0.2, 0.25) is 5.91 Å². The first kappa shape index (κ1) is 15.7. The number of amides is 1. The molecule has 4 N–H and O–H groups in total. The number of benzene rings is 1. The summed E-state index contributed by atoms with van der Waals surface area (Å²) in [5.41, 5.74) is 6.44. The summed E-state index contributed by atoms with van der Waals surface area (Å²) in [5, 5.41) is 12.3. The Kier molecular flexibility index (Phi) is 5.99. The highest BCUT2D eigenvalue weighted by molar-refractivity contribution is 5.77. The van der Waals surface area contributed by atoms with E-state index in [2.05, 4.69) is 5.32 Å². The molecule has 0 saturated carbocycles. The first-order chi connectivity index (χ1) is 9.06. The van der Waals surface area contributed by atoms with Crippen LogP contribution in [0.4, 0.5) is 0 Å². The van der Waals surface area contributed by atoms with Crippen molar-refractivity contribution in [2.24, 2.45) is 5.73 Å².